The van der Waals surface area contributed by atoms with Crippen molar-refractivity contribution >= 4 is 5.91 Å². The van der Waals surface area contributed by atoms with Crippen molar-refractivity contribution in [3.8, 4) is 5.75 Å². The second-order valence-electron chi connectivity index (χ2n) is 5.15. The molecule has 0 radical (unpaired) electrons. The van der Waals surface area contributed by atoms with Crippen LogP contribution in [0, 0.1) is 0 Å². The van der Waals surface area contributed by atoms with Gasteiger partial charge in [0, 0.05) is 18.7 Å². The molecule has 0 saturated carbocycles. The number of hydrogen-bond donors (Lipinski definition) is 3. The Morgan fingerprint density at radius 2 is 1.77 bits per heavy atom. The Labute approximate surface area is 131 Å². The van der Waals surface area contributed by atoms with E-state index in [1.54, 1.807) is 12.1 Å². The molecule has 0 unspecified atom stereocenters. The lowest BCUT2D eigenvalue weighted by atomic mass is 10.0. The summed E-state index contributed by atoms with van der Waals surface area (Å²) in [5, 5.41) is 15.9. The summed E-state index contributed by atoms with van der Waals surface area (Å²) in [5.41, 5.74) is 1.88. The van der Waals surface area contributed by atoms with Crippen LogP contribution in [0.5, 0.6) is 5.75 Å². The molecule has 2 aromatic rings. The Morgan fingerprint density at radius 3 is 2.45 bits per heavy atom. The number of amides is 1. The van der Waals surface area contributed by atoms with Gasteiger partial charge < -0.3 is 15.7 Å². The predicted molar refractivity (Wildman–Crippen MR) is 87.6 cm³/mol. The van der Waals surface area contributed by atoms with Crippen molar-refractivity contribution in [2.75, 3.05) is 6.54 Å². The molecule has 1 amide bonds. The molecule has 2 aromatic carbocycles. The molecule has 4 heteroatoms. The number of carbonyl (C=O) groups is 1. The van der Waals surface area contributed by atoms with Crippen LogP contribution in [-0.2, 0) is 17.8 Å². The van der Waals surface area contributed by atoms with E-state index < -0.39 is 0 Å². The van der Waals surface area contributed by atoms with Gasteiger partial charge in [-0.05, 0) is 25.0 Å². The highest BCUT2D eigenvalue weighted by atomic mass is 16.3. The molecule has 3 N–H and O–H groups in total. The zero-order chi connectivity index (χ0) is 15.8. The Kier molecular flexibility index (Phi) is 5.98. The normalized spacial score (nSPS) is 11.9. The van der Waals surface area contributed by atoms with E-state index in [9.17, 15) is 9.90 Å². The molecule has 1 atom stereocenters. The molecule has 0 spiro atoms. The molecule has 116 valence electrons. The number of rotatable bonds is 7. The minimum absolute atomic E-state index is 0.0261. The summed E-state index contributed by atoms with van der Waals surface area (Å²) in [6.45, 7) is 2.95. The largest absolute Gasteiger partial charge is 0.508 e. The molecular formula is C18H22N2O2. The van der Waals surface area contributed by atoms with Crippen molar-refractivity contribution in [3.63, 3.8) is 0 Å². The van der Waals surface area contributed by atoms with Gasteiger partial charge in [0.05, 0.1) is 6.04 Å². The highest BCUT2D eigenvalue weighted by Gasteiger charge is 2.18. The lowest BCUT2D eigenvalue weighted by Crippen LogP contribution is -2.45. The fourth-order valence-electron chi connectivity index (χ4n) is 2.30. The van der Waals surface area contributed by atoms with Gasteiger partial charge in [-0.25, -0.2) is 0 Å². The van der Waals surface area contributed by atoms with E-state index in [1.807, 2.05) is 49.4 Å². The number of para-hydroxylation sites is 1. The van der Waals surface area contributed by atoms with Crippen LogP contribution in [0.3, 0.4) is 0 Å². The van der Waals surface area contributed by atoms with Crippen LogP contribution in [-0.4, -0.2) is 23.6 Å². The van der Waals surface area contributed by atoms with Crippen LogP contribution < -0.4 is 10.6 Å². The summed E-state index contributed by atoms with van der Waals surface area (Å²) in [4.78, 5) is 12.2. The van der Waals surface area contributed by atoms with E-state index in [-0.39, 0.29) is 17.7 Å². The van der Waals surface area contributed by atoms with E-state index in [4.69, 9.17) is 0 Å². The standard InChI is InChI=1S/C18H22N2O2/c1-2-19-18(22)16(12-14-8-4-3-5-9-14)20-13-15-10-6-7-11-17(15)21/h3-11,16,20-21H,2,12-13H2,1H3,(H,19,22)/t16-/m0/s1. The maximum absolute atomic E-state index is 12.2. The maximum Gasteiger partial charge on any atom is 0.237 e. The van der Waals surface area contributed by atoms with Crippen LogP contribution in [0.4, 0.5) is 0 Å². The number of nitrogens with one attached hydrogen (secondary N) is 2. The molecule has 22 heavy (non-hydrogen) atoms. The van der Waals surface area contributed by atoms with Crippen molar-refractivity contribution in [2.24, 2.45) is 0 Å². The number of likely N-dealkylation sites (N-methyl/N-ethyl adjacent to an activating group) is 1. The Morgan fingerprint density at radius 1 is 1.09 bits per heavy atom. The lowest BCUT2D eigenvalue weighted by molar-refractivity contribution is -0.123. The third-order valence-corrected chi connectivity index (χ3v) is 3.48. The van der Waals surface area contributed by atoms with E-state index in [0.29, 0.717) is 19.5 Å². The third kappa shape index (κ3) is 4.60. The van der Waals surface area contributed by atoms with Crippen molar-refractivity contribution in [3.05, 3.63) is 65.7 Å². The molecular weight excluding hydrogens is 276 g/mol. The first-order valence-corrected chi connectivity index (χ1v) is 7.52. The summed E-state index contributed by atoms with van der Waals surface area (Å²) in [6, 6.07) is 16.7. The van der Waals surface area contributed by atoms with Crippen molar-refractivity contribution in [2.45, 2.75) is 25.9 Å². The van der Waals surface area contributed by atoms with Gasteiger partial charge in [-0.1, -0.05) is 48.5 Å². The van der Waals surface area contributed by atoms with Crippen LogP contribution in [0.15, 0.2) is 54.6 Å². The lowest BCUT2D eigenvalue weighted by Gasteiger charge is -2.18. The van der Waals surface area contributed by atoms with Crippen LogP contribution in [0.1, 0.15) is 18.1 Å². The summed E-state index contributed by atoms with van der Waals surface area (Å²) in [7, 11) is 0. The van der Waals surface area contributed by atoms with Crippen LogP contribution >= 0.6 is 0 Å². The van der Waals surface area contributed by atoms with Gasteiger partial charge in [-0.15, -0.1) is 0 Å². The van der Waals surface area contributed by atoms with Crippen LogP contribution in [0.25, 0.3) is 0 Å². The number of carbonyl (C=O) groups excluding carboxylic acids is 1. The fraction of sp³-hybridized carbons (Fsp3) is 0.278. The first-order valence-electron chi connectivity index (χ1n) is 7.52. The van der Waals surface area contributed by atoms with Gasteiger partial charge in [0.25, 0.3) is 0 Å². The van der Waals surface area contributed by atoms with Crippen molar-refractivity contribution in [1.29, 1.82) is 0 Å². The van der Waals surface area contributed by atoms with Crippen molar-refractivity contribution in [1.82, 2.24) is 10.6 Å². The Balaban J connectivity index is 2.04. The molecule has 0 saturated heterocycles. The summed E-state index contributed by atoms with van der Waals surface area (Å²) < 4.78 is 0. The van der Waals surface area contributed by atoms with Gasteiger partial charge in [0.2, 0.25) is 5.91 Å². The minimum Gasteiger partial charge on any atom is -0.508 e. The molecule has 0 aliphatic heterocycles. The number of aromatic hydroxyl groups is 1. The number of hydrogen-bond acceptors (Lipinski definition) is 3. The Hall–Kier alpha value is -2.33. The second-order valence-corrected chi connectivity index (χ2v) is 5.15. The summed E-state index contributed by atoms with van der Waals surface area (Å²) in [5.74, 6) is 0.214. The third-order valence-electron chi connectivity index (χ3n) is 3.48. The average Bonchev–Trinajstić information content (AvgIpc) is 2.54. The topological polar surface area (TPSA) is 61.4 Å². The van der Waals surface area contributed by atoms with E-state index in [2.05, 4.69) is 10.6 Å². The van der Waals surface area contributed by atoms with Gasteiger partial charge in [0.15, 0.2) is 0 Å². The van der Waals surface area contributed by atoms with Gasteiger partial charge in [0.1, 0.15) is 5.75 Å². The monoisotopic (exact) mass is 298 g/mol. The Bertz CT molecular complexity index is 599. The highest BCUT2D eigenvalue weighted by Crippen LogP contribution is 2.15. The zero-order valence-electron chi connectivity index (χ0n) is 12.8. The molecule has 0 bridgehead atoms. The molecule has 0 heterocycles. The van der Waals surface area contributed by atoms with E-state index >= 15 is 0 Å². The van der Waals surface area contributed by atoms with Gasteiger partial charge in [-0.2, -0.15) is 0 Å². The number of phenolic OH excluding ortho intramolecular Hbond substituents is 1. The number of benzene rings is 2. The SMILES string of the molecule is CCNC(=O)[C@H](Cc1ccccc1)NCc1ccccc1O. The molecule has 4 nitrogen and oxygen atoms in total. The molecule has 0 aliphatic carbocycles. The maximum atomic E-state index is 12.2. The number of phenols is 1. The second kappa shape index (κ2) is 8.20. The highest BCUT2D eigenvalue weighted by molar-refractivity contribution is 5.82. The summed E-state index contributed by atoms with van der Waals surface area (Å²) >= 11 is 0. The fourth-order valence-corrected chi connectivity index (χ4v) is 2.30. The van der Waals surface area contributed by atoms with Crippen molar-refractivity contribution < 1.29 is 9.90 Å². The van der Waals surface area contributed by atoms with E-state index in [0.717, 1.165) is 11.1 Å². The smallest absolute Gasteiger partial charge is 0.237 e. The quantitative estimate of drug-likeness (QED) is 0.734. The summed E-state index contributed by atoms with van der Waals surface area (Å²) in [6.07, 6.45) is 0.611. The molecule has 2 rings (SSSR count). The van der Waals surface area contributed by atoms with Gasteiger partial charge >= 0.3 is 0 Å². The van der Waals surface area contributed by atoms with Gasteiger partial charge in [-0.3, -0.25) is 4.79 Å². The average molecular weight is 298 g/mol. The zero-order valence-corrected chi connectivity index (χ0v) is 12.8. The predicted octanol–water partition coefficient (Wildman–Crippen LogP) is 2.23. The molecule has 0 fully saturated rings. The minimum atomic E-state index is -0.332. The first-order chi connectivity index (χ1) is 10.7. The van der Waals surface area contributed by atoms with E-state index in [1.165, 1.54) is 0 Å². The van der Waals surface area contributed by atoms with Crippen LogP contribution in [0.2, 0.25) is 0 Å². The molecule has 0 aromatic heterocycles. The first kappa shape index (κ1) is 16.0. The molecule has 0 aliphatic rings.